The van der Waals surface area contributed by atoms with Crippen LogP contribution in [0.5, 0.6) is 0 Å². The maximum atomic E-state index is 11.9. The summed E-state index contributed by atoms with van der Waals surface area (Å²) < 4.78 is 16.8. The third-order valence-electron chi connectivity index (χ3n) is 1.40. The van der Waals surface area contributed by atoms with Crippen molar-refractivity contribution < 1.29 is 19.0 Å². The second kappa shape index (κ2) is 5.80. The van der Waals surface area contributed by atoms with E-state index in [0.717, 1.165) is 0 Å². The molecule has 0 bridgehead atoms. The van der Waals surface area contributed by atoms with Crippen LogP contribution in [-0.2, 0) is 4.74 Å². The van der Waals surface area contributed by atoms with E-state index in [4.69, 9.17) is 9.84 Å². The molecule has 14 heavy (non-hydrogen) atoms. The number of ether oxygens (including phenoxy) is 1. The normalized spacial score (nSPS) is 13.5. The van der Waals surface area contributed by atoms with Gasteiger partial charge in [-0.05, 0) is 27.2 Å². The molecule has 0 radical (unpaired) electrons. The zero-order valence-corrected chi connectivity index (χ0v) is 8.84. The van der Waals surface area contributed by atoms with Crippen LogP contribution in [0.4, 0.5) is 9.18 Å². The number of carbonyl (C=O) groups is 1. The molecule has 0 aromatic carbocycles. The summed E-state index contributed by atoms with van der Waals surface area (Å²) in [5.41, 5.74) is -0.584. The number of carbonyl (C=O) groups excluding carboxylic acids is 1. The van der Waals surface area contributed by atoms with E-state index in [0.29, 0.717) is 0 Å². The van der Waals surface area contributed by atoms with E-state index in [1.54, 1.807) is 20.8 Å². The molecule has 0 aromatic heterocycles. The summed E-state index contributed by atoms with van der Waals surface area (Å²) in [6.07, 6.45) is -0.541. The summed E-state index contributed by atoms with van der Waals surface area (Å²) in [7, 11) is 0. The first kappa shape index (κ1) is 13.2. The van der Waals surface area contributed by atoms with Crippen molar-refractivity contribution in [2.24, 2.45) is 0 Å². The lowest BCUT2D eigenvalue weighted by Crippen LogP contribution is -2.41. The Morgan fingerprint density at radius 2 is 2.14 bits per heavy atom. The molecule has 84 valence electrons. The third-order valence-corrected chi connectivity index (χ3v) is 1.40. The predicted octanol–water partition coefficient (Wildman–Crippen LogP) is 1.23. The molecule has 0 heterocycles. The zero-order valence-electron chi connectivity index (χ0n) is 8.84. The molecule has 1 amide bonds. The van der Waals surface area contributed by atoms with Crippen molar-refractivity contribution in [1.82, 2.24) is 5.32 Å². The topological polar surface area (TPSA) is 58.6 Å². The SMILES string of the molecule is CC(C)(C)OC(=O)N[C@@H](CO)CCF. The number of aliphatic hydroxyl groups is 1. The van der Waals surface area contributed by atoms with Gasteiger partial charge in [0.15, 0.2) is 0 Å². The van der Waals surface area contributed by atoms with Crippen LogP contribution in [0.15, 0.2) is 0 Å². The van der Waals surface area contributed by atoms with E-state index < -0.39 is 24.4 Å². The number of hydrogen-bond acceptors (Lipinski definition) is 3. The fourth-order valence-electron chi connectivity index (χ4n) is 0.815. The van der Waals surface area contributed by atoms with Gasteiger partial charge in [-0.2, -0.15) is 0 Å². The smallest absolute Gasteiger partial charge is 0.407 e. The summed E-state index contributed by atoms with van der Waals surface area (Å²) in [5, 5.41) is 11.1. The molecule has 0 spiro atoms. The van der Waals surface area contributed by atoms with Crippen molar-refractivity contribution in [3.8, 4) is 0 Å². The van der Waals surface area contributed by atoms with E-state index in [1.165, 1.54) is 0 Å². The average molecular weight is 207 g/mol. The fourth-order valence-corrected chi connectivity index (χ4v) is 0.815. The van der Waals surface area contributed by atoms with E-state index in [9.17, 15) is 9.18 Å². The van der Waals surface area contributed by atoms with Crippen LogP contribution < -0.4 is 5.32 Å². The van der Waals surface area contributed by atoms with Crippen LogP contribution in [0, 0.1) is 0 Å². The number of alkyl halides is 1. The number of hydrogen-bond donors (Lipinski definition) is 2. The Balaban J connectivity index is 3.91. The van der Waals surface area contributed by atoms with Crippen LogP contribution in [-0.4, -0.2) is 36.1 Å². The van der Waals surface area contributed by atoms with E-state index in [-0.39, 0.29) is 13.0 Å². The Labute approximate surface area is 83.4 Å². The maximum Gasteiger partial charge on any atom is 0.407 e. The Morgan fingerprint density at radius 3 is 2.50 bits per heavy atom. The lowest BCUT2D eigenvalue weighted by molar-refractivity contribution is 0.0477. The van der Waals surface area contributed by atoms with Crippen LogP contribution in [0.25, 0.3) is 0 Å². The largest absolute Gasteiger partial charge is 0.444 e. The lowest BCUT2D eigenvalue weighted by atomic mass is 10.2. The number of aliphatic hydroxyl groups excluding tert-OH is 1. The van der Waals surface area contributed by atoms with Gasteiger partial charge < -0.3 is 15.2 Å². The first-order valence-corrected chi connectivity index (χ1v) is 4.55. The van der Waals surface area contributed by atoms with Gasteiger partial charge in [-0.1, -0.05) is 0 Å². The summed E-state index contributed by atoms with van der Waals surface area (Å²) in [5.74, 6) is 0. The quantitative estimate of drug-likeness (QED) is 0.729. The van der Waals surface area contributed by atoms with Gasteiger partial charge in [0.05, 0.1) is 19.3 Å². The van der Waals surface area contributed by atoms with Crippen molar-refractivity contribution in [2.75, 3.05) is 13.3 Å². The van der Waals surface area contributed by atoms with Gasteiger partial charge in [-0.3, -0.25) is 4.39 Å². The molecule has 2 N–H and O–H groups in total. The Kier molecular flexibility index (Phi) is 5.45. The molecule has 0 saturated heterocycles. The number of halogens is 1. The predicted molar refractivity (Wildman–Crippen MR) is 50.8 cm³/mol. The number of nitrogens with one attached hydrogen (secondary N) is 1. The van der Waals surface area contributed by atoms with Gasteiger partial charge in [-0.25, -0.2) is 4.79 Å². The zero-order chi connectivity index (χ0) is 11.2. The summed E-state index contributed by atoms with van der Waals surface area (Å²) in [6.45, 7) is 4.32. The molecule has 5 heteroatoms. The highest BCUT2D eigenvalue weighted by Gasteiger charge is 2.18. The second-order valence-electron chi connectivity index (χ2n) is 4.00. The van der Waals surface area contributed by atoms with E-state index >= 15 is 0 Å². The van der Waals surface area contributed by atoms with Gasteiger partial charge in [-0.15, -0.1) is 0 Å². The van der Waals surface area contributed by atoms with Gasteiger partial charge >= 0.3 is 6.09 Å². The maximum absolute atomic E-state index is 11.9. The Hall–Kier alpha value is -0.840. The van der Waals surface area contributed by atoms with Gasteiger partial charge in [0, 0.05) is 0 Å². The molecule has 0 aliphatic heterocycles. The number of amides is 1. The molecule has 1 atom stereocenters. The van der Waals surface area contributed by atoms with Crippen molar-refractivity contribution in [2.45, 2.75) is 38.8 Å². The van der Waals surface area contributed by atoms with Crippen LogP contribution in [0.1, 0.15) is 27.2 Å². The molecule has 0 unspecified atom stereocenters. The summed E-state index contributed by atoms with van der Waals surface area (Å²) in [6, 6.07) is -0.574. The Bertz CT molecular complexity index is 179. The molecular formula is C9H18FNO3. The molecule has 0 fully saturated rings. The van der Waals surface area contributed by atoms with Gasteiger partial charge in [0.2, 0.25) is 0 Å². The highest BCUT2D eigenvalue weighted by Crippen LogP contribution is 2.07. The van der Waals surface area contributed by atoms with E-state index in [1.807, 2.05) is 0 Å². The third kappa shape index (κ3) is 6.65. The molecule has 0 saturated carbocycles. The van der Waals surface area contributed by atoms with Gasteiger partial charge in [0.1, 0.15) is 5.60 Å². The fraction of sp³-hybridized carbons (Fsp3) is 0.889. The summed E-state index contributed by atoms with van der Waals surface area (Å²) in [4.78, 5) is 11.1. The van der Waals surface area contributed by atoms with Crippen molar-refractivity contribution in [1.29, 1.82) is 0 Å². The highest BCUT2D eigenvalue weighted by molar-refractivity contribution is 5.68. The minimum atomic E-state index is -0.634. The minimum Gasteiger partial charge on any atom is -0.444 e. The minimum absolute atomic E-state index is 0.0930. The van der Waals surface area contributed by atoms with Gasteiger partial charge in [0.25, 0.3) is 0 Å². The monoisotopic (exact) mass is 207 g/mol. The molecule has 0 aliphatic rings. The van der Waals surface area contributed by atoms with Crippen molar-refractivity contribution in [3.63, 3.8) is 0 Å². The van der Waals surface area contributed by atoms with E-state index in [2.05, 4.69) is 5.32 Å². The van der Waals surface area contributed by atoms with Crippen molar-refractivity contribution in [3.05, 3.63) is 0 Å². The average Bonchev–Trinajstić information content (AvgIpc) is 2.00. The highest BCUT2D eigenvalue weighted by atomic mass is 19.1. The second-order valence-corrected chi connectivity index (χ2v) is 4.00. The van der Waals surface area contributed by atoms with Crippen LogP contribution in [0.2, 0.25) is 0 Å². The van der Waals surface area contributed by atoms with Crippen molar-refractivity contribution >= 4 is 6.09 Å². The number of alkyl carbamates (subject to hydrolysis) is 1. The molecule has 0 aromatic rings. The van der Waals surface area contributed by atoms with Crippen LogP contribution in [0.3, 0.4) is 0 Å². The number of rotatable bonds is 4. The first-order chi connectivity index (χ1) is 6.39. The lowest BCUT2D eigenvalue weighted by Gasteiger charge is -2.22. The first-order valence-electron chi connectivity index (χ1n) is 4.55. The van der Waals surface area contributed by atoms with Crippen LogP contribution >= 0.6 is 0 Å². The standard InChI is InChI=1S/C9H18FNO3/c1-9(2,3)14-8(13)11-7(6-12)4-5-10/h7,12H,4-6H2,1-3H3,(H,11,13)/t7-/m1/s1. The molecule has 4 nitrogen and oxygen atoms in total. The molecular weight excluding hydrogens is 189 g/mol. The molecule has 0 aliphatic carbocycles. The molecule has 0 rings (SSSR count). The Morgan fingerprint density at radius 1 is 1.57 bits per heavy atom. The summed E-state index contributed by atoms with van der Waals surface area (Å²) >= 11 is 0.